The van der Waals surface area contributed by atoms with E-state index < -0.39 is 0 Å². The molecule has 5 heteroatoms. The average molecular weight is 256 g/mol. The van der Waals surface area contributed by atoms with Crippen molar-refractivity contribution >= 4 is 17.9 Å². The zero-order valence-corrected chi connectivity index (χ0v) is 10.9. The van der Waals surface area contributed by atoms with E-state index in [4.69, 9.17) is 5.11 Å². The first-order chi connectivity index (χ1) is 8.34. The molecule has 1 rings (SSSR count). The molecule has 0 bridgehead atoms. The van der Waals surface area contributed by atoms with Gasteiger partial charge in [0.1, 0.15) is 0 Å². The highest BCUT2D eigenvalue weighted by atomic mass is 32.2. The monoisotopic (exact) mass is 256 g/mol. The summed E-state index contributed by atoms with van der Waals surface area (Å²) in [6.45, 7) is 0.315. The lowest BCUT2D eigenvalue weighted by atomic mass is 10.1. The first kappa shape index (κ1) is 14.4. The summed E-state index contributed by atoms with van der Waals surface area (Å²) in [7, 11) is 0. The fourth-order valence-electron chi connectivity index (χ4n) is 1.69. The maximum Gasteiger partial charge on any atom is 0.303 e. The molecular formula is C12H20N2O2S. The molecule has 1 heterocycles. The number of hydrogen-bond acceptors (Lipinski definition) is 4. The van der Waals surface area contributed by atoms with Gasteiger partial charge in [-0.3, -0.25) is 4.79 Å². The molecule has 0 saturated carbocycles. The van der Waals surface area contributed by atoms with Crippen LogP contribution in [-0.2, 0) is 4.79 Å². The van der Waals surface area contributed by atoms with Gasteiger partial charge in [-0.1, -0.05) is 43.3 Å². The second-order valence-electron chi connectivity index (χ2n) is 4.13. The second kappa shape index (κ2) is 9.36. The molecule has 0 fully saturated rings. The molecule has 17 heavy (non-hydrogen) atoms. The lowest BCUT2D eigenvalue weighted by molar-refractivity contribution is -0.113. The van der Waals surface area contributed by atoms with Crippen LogP contribution in [0.4, 0.5) is 0 Å². The highest BCUT2D eigenvalue weighted by molar-refractivity contribution is 8.03. The maximum absolute atomic E-state index is 11.1. The van der Waals surface area contributed by atoms with E-state index in [9.17, 15) is 4.79 Å². The summed E-state index contributed by atoms with van der Waals surface area (Å²) in [6, 6.07) is 0. The molecule has 1 amide bonds. The normalized spacial score (nSPS) is 17.2. The van der Waals surface area contributed by atoms with Crippen LogP contribution in [0.1, 0.15) is 51.4 Å². The van der Waals surface area contributed by atoms with Gasteiger partial charge in [-0.05, 0) is 19.3 Å². The van der Waals surface area contributed by atoms with Gasteiger partial charge >= 0.3 is 5.91 Å². The number of aliphatic hydroxyl groups is 1. The summed E-state index contributed by atoms with van der Waals surface area (Å²) in [6.07, 6.45) is 11.0. The Hall–Kier alpha value is -0.680. The Labute approximate surface area is 107 Å². The molecule has 4 nitrogen and oxygen atoms in total. The molecule has 0 spiro atoms. The molecule has 0 aliphatic carbocycles. The minimum Gasteiger partial charge on any atom is -0.396 e. The first-order valence-electron chi connectivity index (χ1n) is 6.28. The van der Waals surface area contributed by atoms with Crippen molar-refractivity contribution in [3.63, 3.8) is 0 Å². The molecule has 0 radical (unpaired) electrons. The van der Waals surface area contributed by atoms with E-state index in [-0.39, 0.29) is 5.91 Å². The summed E-state index contributed by atoms with van der Waals surface area (Å²) >= 11 is 1.17. The van der Waals surface area contributed by atoms with E-state index in [1.165, 1.54) is 37.6 Å². The molecular weight excluding hydrogens is 236 g/mol. The molecule has 0 aromatic carbocycles. The van der Waals surface area contributed by atoms with Crippen LogP contribution in [0.5, 0.6) is 0 Å². The predicted molar refractivity (Wildman–Crippen MR) is 69.6 cm³/mol. The summed E-state index contributed by atoms with van der Waals surface area (Å²) in [5, 5.41) is 12.0. The van der Waals surface area contributed by atoms with Gasteiger partial charge in [0, 0.05) is 18.6 Å². The first-order valence-corrected chi connectivity index (χ1v) is 7.05. The summed E-state index contributed by atoms with van der Waals surface area (Å²) in [5.74, 6) is -0.195. The van der Waals surface area contributed by atoms with Crippen molar-refractivity contribution in [3.05, 3.63) is 11.0 Å². The van der Waals surface area contributed by atoms with Crippen LogP contribution in [0.3, 0.4) is 0 Å². The third-order valence-corrected chi connectivity index (χ3v) is 3.37. The Morgan fingerprint density at radius 3 is 2.29 bits per heavy atom. The Morgan fingerprint density at radius 2 is 1.71 bits per heavy atom. The topological polar surface area (TPSA) is 62.0 Å². The smallest absolute Gasteiger partial charge is 0.303 e. The number of carbonyl (C=O) groups is 1. The SMILES string of the molecule is O=C1N=NSC1=CCCCCCCCCCO. The van der Waals surface area contributed by atoms with E-state index in [0.717, 1.165) is 25.7 Å². The van der Waals surface area contributed by atoms with Crippen LogP contribution in [0.2, 0.25) is 0 Å². The quantitative estimate of drug-likeness (QED) is 0.389. The Kier molecular flexibility index (Phi) is 7.92. The molecule has 1 aliphatic rings. The number of carbonyl (C=O) groups excluding carboxylic acids is 1. The van der Waals surface area contributed by atoms with Crippen LogP contribution < -0.4 is 0 Å². The Balaban J connectivity index is 1.89. The van der Waals surface area contributed by atoms with Crippen molar-refractivity contribution < 1.29 is 9.90 Å². The molecule has 0 aromatic rings. The van der Waals surface area contributed by atoms with E-state index in [2.05, 4.69) is 9.63 Å². The predicted octanol–water partition coefficient (Wildman–Crippen LogP) is 3.62. The molecule has 0 atom stereocenters. The molecule has 0 aromatic heterocycles. The molecule has 96 valence electrons. The molecule has 1 N–H and O–H groups in total. The Bertz CT molecular complexity index is 290. The lowest BCUT2D eigenvalue weighted by Crippen LogP contribution is -1.88. The lowest BCUT2D eigenvalue weighted by Gasteiger charge is -1.99. The Morgan fingerprint density at radius 1 is 1.06 bits per heavy atom. The van der Waals surface area contributed by atoms with Crippen LogP contribution >= 0.6 is 11.9 Å². The van der Waals surface area contributed by atoms with Crippen molar-refractivity contribution in [1.29, 1.82) is 0 Å². The molecule has 1 aliphatic heterocycles. The molecule has 0 unspecified atom stereocenters. The van der Waals surface area contributed by atoms with Gasteiger partial charge in [-0.15, -0.1) is 4.52 Å². The third kappa shape index (κ3) is 6.58. The zero-order chi connectivity index (χ0) is 12.3. The van der Waals surface area contributed by atoms with Gasteiger partial charge in [0.2, 0.25) is 0 Å². The number of rotatable bonds is 9. The average Bonchev–Trinajstić information content (AvgIpc) is 2.73. The van der Waals surface area contributed by atoms with Crippen LogP contribution in [0.15, 0.2) is 20.6 Å². The van der Waals surface area contributed by atoms with Gasteiger partial charge < -0.3 is 5.11 Å². The van der Waals surface area contributed by atoms with Crippen LogP contribution in [-0.4, -0.2) is 17.6 Å². The fraction of sp³-hybridized carbons (Fsp3) is 0.750. The highest BCUT2D eigenvalue weighted by Gasteiger charge is 2.14. The number of aliphatic hydroxyl groups excluding tert-OH is 1. The maximum atomic E-state index is 11.1. The second-order valence-corrected chi connectivity index (χ2v) is 4.92. The fourth-order valence-corrected chi connectivity index (χ4v) is 2.20. The van der Waals surface area contributed by atoms with Crippen molar-refractivity contribution in [2.24, 2.45) is 9.63 Å². The van der Waals surface area contributed by atoms with Gasteiger partial charge in [0.25, 0.3) is 0 Å². The van der Waals surface area contributed by atoms with E-state index in [1.54, 1.807) is 0 Å². The van der Waals surface area contributed by atoms with Gasteiger partial charge in [0.05, 0.1) is 4.91 Å². The summed E-state index contributed by atoms with van der Waals surface area (Å²) < 4.78 is 3.61. The minimum absolute atomic E-state index is 0.195. The van der Waals surface area contributed by atoms with Crippen molar-refractivity contribution in [1.82, 2.24) is 0 Å². The van der Waals surface area contributed by atoms with E-state index >= 15 is 0 Å². The zero-order valence-electron chi connectivity index (χ0n) is 10.1. The third-order valence-electron chi connectivity index (χ3n) is 2.67. The summed E-state index contributed by atoms with van der Waals surface area (Å²) in [5.41, 5.74) is 0. The number of unbranched alkanes of at least 4 members (excludes halogenated alkanes) is 7. The largest absolute Gasteiger partial charge is 0.396 e. The standard InChI is InChI=1S/C12H20N2O2S/c15-10-8-6-4-2-1-3-5-7-9-11-12(16)13-14-17-11/h9,15H,1-8,10H2. The van der Waals surface area contributed by atoms with Crippen LogP contribution in [0, 0.1) is 0 Å². The summed E-state index contributed by atoms with van der Waals surface area (Å²) in [4.78, 5) is 11.7. The van der Waals surface area contributed by atoms with Crippen molar-refractivity contribution in [2.45, 2.75) is 51.4 Å². The molecule has 0 saturated heterocycles. The number of allylic oxidation sites excluding steroid dienone is 1. The van der Waals surface area contributed by atoms with Crippen LogP contribution in [0.25, 0.3) is 0 Å². The van der Waals surface area contributed by atoms with Gasteiger partial charge in [-0.2, -0.15) is 0 Å². The van der Waals surface area contributed by atoms with Crippen molar-refractivity contribution in [2.75, 3.05) is 6.61 Å². The van der Waals surface area contributed by atoms with Crippen molar-refractivity contribution in [3.8, 4) is 0 Å². The van der Waals surface area contributed by atoms with Gasteiger partial charge in [0.15, 0.2) is 0 Å². The van der Waals surface area contributed by atoms with E-state index in [1.807, 2.05) is 6.08 Å². The van der Waals surface area contributed by atoms with E-state index in [0.29, 0.717) is 11.5 Å². The number of amides is 1. The number of hydrogen-bond donors (Lipinski definition) is 1. The highest BCUT2D eigenvalue weighted by Crippen LogP contribution is 2.26. The number of nitrogens with zero attached hydrogens (tertiary/aromatic N) is 2. The van der Waals surface area contributed by atoms with Gasteiger partial charge in [-0.25, -0.2) is 0 Å². The minimum atomic E-state index is -0.195.